The Morgan fingerprint density at radius 1 is 1.23 bits per heavy atom. The molecule has 2 fully saturated rings. The van der Waals surface area contributed by atoms with Gasteiger partial charge in [-0.1, -0.05) is 5.92 Å². The minimum Gasteiger partial charge on any atom is -0.508 e. The molecule has 2 atom stereocenters. The minimum atomic E-state index is -0.929. The molecule has 2 aliphatic rings. The Hall–Kier alpha value is -4.14. The van der Waals surface area contributed by atoms with Crippen LogP contribution in [0.4, 0.5) is 19.0 Å². The Balaban J connectivity index is 1.51. The van der Waals surface area contributed by atoms with Crippen molar-refractivity contribution >= 4 is 27.5 Å². The first-order valence-corrected chi connectivity index (χ1v) is 14.2. The smallest absolute Gasteiger partial charge is 0.319 e. The minimum absolute atomic E-state index is 0.0571. The van der Waals surface area contributed by atoms with Crippen molar-refractivity contribution in [1.29, 1.82) is 0 Å². The average molecular weight is 592 g/mol. The maximum Gasteiger partial charge on any atom is 0.319 e. The molecule has 43 heavy (non-hydrogen) atoms. The van der Waals surface area contributed by atoms with Crippen molar-refractivity contribution in [3.63, 3.8) is 0 Å². The Bertz CT molecular complexity index is 1780. The standard InChI is InChI=1S/C32H32F3N5O3/c1-5-21-25(34)11-18(2)22-12-20(41)13-23(26(21)22)28-27(35)29-24(15-36-28)30(39(3)9-10-42-4)38-31(37-29)43-17-32-7-6-8-40(32)16-19(33)14-32/h1,11-13,15,19,41H,6-10,14,16-17H2,2-4H3/t19-,32+/m1/s1. The molecule has 2 aromatic carbocycles. The summed E-state index contributed by atoms with van der Waals surface area (Å²) in [5.41, 5.74) is -0.103. The van der Waals surface area contributed by atoms with Crippen LogP contribution in [-0.2, 0) is 4.74 Å². The van der Waals surface area contributed by atoms with Gasteiger partial charge in [0.15, 0.2) is 5.82 Å². The van der Waals surface area contributed by atoms with Gasteiger partial charge in [-0.25, -0.2) is 13.2 Å². The summed E-state index contributed by atoms with van der Waals surface area (Å²) in [5.74, 6) is 1.14. The van der Waals surface area contributed by atoms with Crippen LogP contribution in [0.15, 0.2) is 24.4 Å². The summed E-state index contributed by atoms with van der Waals surface area (Å²) >= 11 is 0. The molecule has 4 heterocycles. The van der Waals surface area contributed by atoms with E-state index >= 15 is 4.39 Å². The number of benzene rings is 2. The number of aryl methyl sites for hydroxylation is 1. The van der Waals surface area contributed by atoms with Crippen molar-refractivity contribution in [3.8, 4) is 35.4 Å². The quantitative estimate of drug-likeness (QED) is 0.282. The van der Waals surface area contributed by atoms with Gasteiger partial charge in [0.1, 0.15) is 41.4 Å². The first-order valence-electron chi connectivity index (χ1n) is 14.2. The van der Waals surface area contributed by atoms with Gasteiger partial charge in [0.2, 0.25) is 0 Å². The third kappa shape index (κ3) is 4.98. The molecule has 0 saturated carbocycles. The predicted molar refractivity (Wildman–Crippen MR) is 158 cm³/mol. The van der Waals surface area contributed by atoms with Crippen LogP contribution >= 0.6 is 0 Å². The summed E-state index contributed by atoms with van der Waals surface area (Å²) in [7, 11) is 3.36. The van der Waals surface area contributed by atoms with E-state index in [1.54, 1.807) is 26.0 Å². The van der Waals surface area contributed by atoms with Crippen LogP contribution in [0.5, 0.6) is 11.8 Å². The van der Waals surface area contributed by atoms with Crippen LogP contribution in [0.2, 0.25) is 0 Å². The summed E-state index contributed by atoms with van der Waals surface area (Å²) in [6.07, 6.45) is 8.29. The Kier molecular flexibility index (Phi) is 7.52. The molecule has 2 saturated heterocycles. The first kappa shape index (κ1) is 29.0. The summed E-state index contributed by atoms with van der Waals surface area (Å²) in [6, 6.07) is 3.99. The molecular formula is C32H32F3N5O3. The van der Waals surface area contributed by atoms with E-state index in [1.165, 1.54) is 24.4 Å². The monoisotopic (exact) mass is 591 g/mol. The van der Waals surface area contributed by atoms with Gasteiger partial charge in [0.25, 0.3) is 0 Å². The Morgan fingerprint density at radius 3 is 2.81 bits per heavy atom. The second-order valence-corrected chi connectivity index (χ2v) is 11.4. The van der Waals surface area contributed by atoms with Gasteiger partial charge in [-0.15, -0.1) is 6.42 Å². The number of anilines is 1. The second kappa shape index (κ2) is 11.2. The summed E-state index contributed by atoms with van der Waals surface area (Å²) in [4.78, 5) is 17.4. The number of fused-ring (bicyclic) bond motifs is 3. The van der Waals surface area contributed by atoms with E-state index in [0.717, 1.165) is 19.4 Å². The van der Waals surface area contributed by atoms with E-state index in [9.17, 15) is 13.9 Å². The Morgan fingerprint density at radius 2 is 2.05 bits per heavy atom. The van der Waals surface area contributed by atoms with Crippen molar-refractivity contribution in [2.24, 2.45) is 0 Å². The lowest BCUT2D eigenvalue weighted by Crippen LogP contribution is -2.43. The van der Waals surface area contributed by atoms with E-state index in [1.807, 2.05) is 0 Å². The van der Waals surface area contributed by atoms with E-state index in [2.05, 4.69) is 25.8 Å². The zero-order valence-electron chi connectivity index (χ0n) is 24.3. The number of nitrogens with zero attached hydrogens (tertiary/aromatic N) is 5. The highest BCUT2D eigenvalue weighted by molar-refractivity contribution is 6.04. The number of pyridine rings is 1. The number of hydrogen-bond donors (Lipinski definition) is 1. The Labute approximate surface area is 247 Å². The summed E-state index contributed by atoms with van der Waals surface area (Å²) in [5, 5.41) is 11.6. The SMILES string of the molecule is C#Cc1c(F)cc(C)c2cc(O)cc(-c3ncc4c(N(C)CCOC)nc(OC[C@@]56CCCN5C[C@H](F)C6)nc4c3F)c12. The fraction of sp³-hybridized carbons (Fsp3) is 0.406. The number of phenolic OH excluding ortho intramolecular Hbond substituents is 1. The first-order chi connectivity index (χ1) is 20.7. The lowest BCUT2D eigenvalue weighted by atomic mass is 9.93. The number of methoxy groups -OCH3 is 1. The number of aromatic hydroxyl groups is 1. The maximum absolute atomic E-state index is 16.6. The number of phenols is 1. The molecule has 11 heteroatoms. The van der Waals surface area contributed by atoms with Crippen LogP contribution in [0.25, 0.3) is 32.9 Å². The van der Waals surface area contributed by atoms with Gasteiger partial charge in [0, 0.05) is 50.8 Å². The number of rotatable bonds is 8. The largest absolute Gasteiger partial charge is 0.508 e. The van der Waals surface area contributed by atoms with Crippen molar-refractivity contribution in [2.75, 3.05) is 51.9 Å². The van der Waals surface area contributed by atoms with Crippen LogP contribution in [0.1, 0.15) is 30.4 Å². The normalized spacial score (nSPS) is 20.1. The molecular weight excluding hydrogens is 559 g/mol. The van der Waals surface area contributed by atoms with Gasteiger partial charge in [-0.3, -0.25) is 9.88 Å². The number of alkyl halides is 1. The molecule has 0 amide bonds. The van der Waals surface area contributed by atoms with Gasteiger partial charge in [0.05, 0.1) is 23.1 Å². The highest BCUT2D eigenvalue weighted by Crippen LogP contribution is 2.42. The number of halogens is 3. The molecule has 0 radical (unpaired) electrons. The zero-order chi connectivity index (χ0) is 30.5. The van der Waals surface area contributed by atoms with Crippen molar-refractivity contribution in [1.82, 2.24) is 19.9 Å². The van der Waals surface area contributed by atoms with Crippen molar-refractivity contribution in [3.05, 3.63) is 47.2 Å². The molecule has 6 rings (SSSR count). The predicted octanol–water partition coefficient (Wildman–Crippen LogP) is 5.16. The second-order valence-electron chi connectivity index (χ2n) is 11.4. The van der Waals surface area contributed by atoms with E-state index in [0.29, 0.717) is 48.3 Å². The summed E-state index contributed by atoms with van der Waals surface area (Å²) in [6.45, 7) is 3.84. The van der Waals surface area contributed by atoms with Gasteiger partial charge < -0.3 is 19.5 Å². The molecule has 224 valence electrons. The highest BCUT2D eigenvalue weighted by atomic mass is 19.1. The fourth-order valence-electron chi connectivity index (χ4n) is 6.54. The van der Waals surface area contributed by atoms with Crippen LogP contribution in [-0.4, -0.2) is 83.7 Å². The molecule has 0 spiro atoms. The molecule has 2 aromatic heterocycles. The maximum atomic E-state index is 16.6. The molecule has 8 nitrogen and oxygen atoms in total. The van der Waals surface area contributed by atoms with Crippen LogP contribution in [0, 0.1) is 30.9 Å². The zero-order valence-corrected chi connectivity index (χ0v) is 24.3. The molecule has 2 aliphatic heterocycles. The fourth-order valence-corrected chi connectivity index (χ4v) is 6.54. The average Bonchev–Trinajstić information content (AvgIpc) is 3.50. The number of aromatic nitrogens is 3. The highest BCUT2D eigenvalue weighted by Gasteiger charge is 2.49. The third-order valence-corrected chi connectivity index (χ3v) is 8.65. The van der Waals surface area contributed by atoms with Crippen molar-refractivity contribution in [2.45, 2.75) is 37.9 Å². The molecule has 0 bridgehead atoms. The number of hydrogen-bond acceptors (Lipinski definition) is 8. The van der Waals surface area contributed by atoms with Gasteiger partial charge in [-0.2, -0.15) is 9.97 Å². The van der Waals surface area contributed by atoms with E-state index in [-0.39, 0.29) is 46.1 Å². The summed E-state index contributed by atoms with van der Waals surface area (Å²) < 4.78 is 57.2. The van der Waals surface area contributed by atoms with Crippen LogP contribution in [0.3, 0.4) is 0 Å². The lowest BCUT2D eigenvalue weighted by Gasteiger charge is -2.31. The number of ether oxygens (including phenoxy) is 2. The van der Waals surface area contributed by atoms with Gasteiger partial charge >= 0.3 is 6.01 Å². The number of terminal acetylenes is 1. The number of likely N-dealkylation sites (N-methyl/N-ethyl adjacent to an activating group) is 1. The molecule has 0 aliphatic carbocycles. The van der Waals surface area contributed by atoms with Gasteiger partial charge in [-0.05, 0) is 55.5 Å². The topological polar surface area (TPSA) is 83.8 Å². The molecule has 0 unspecified atom stereocenters. The van der Waals surface area contributed by atoms with E-state index in [4.69, 9.17) is 15.9 Å². The lowest BCUT2D eigenvalue weighted by molar-refractivity contribution is 0.107. The van der Waals surface area contributed by atoms with E-state index < -0.39 is 23.3 Å². The molecule has 4 aromatic rings. The van der Waals surface area contributed by atoms with Crippen molar-refractivity contribution < 1.29 is 27.8 Å². The molecule has 1 N–H and O–H groups in total. The third-order valence-electron chi connectivity index (χ3n) is 8.65. The van der Waals surface area contributed by atoms with Crippen LogP contribution < -0.4 is 9.64 Å².